The lowest BCUT2D eigenvalue weighted by atomic mass is 9.95. The van der Waals surface area contributed by atoms with Crippen LogP contribution in [0, 0.1) is 0 Å². The van der Waals surface area contributed by atoms with Gasteiger partial charge in [-0.25, -0.2) is 35.4 Å². The van der Waals surface area contributed by atoms with Crippen molar-refractivity contribution in [1.82, 2.24) is 57.9 Å². The van der Waals surface area contributed by atoms with Crippen LogP contribution in [-0.4, -0.2) is 169 Å². The van der Waals surface area contributed by atoms with E-state index < -0.39 is 31.9 Å². The van der Waals surface area contributed by atoms with Gasteiger partial charge in [0.15, 0.2) is 22.9 Å². The molecule has 2 atom stereocenters. The highest BCUT2D eigenvalue weighted by molar-refractivity contribution is 7.89. The van der Waals surface area contributed by atoms with Crippen LogP contribution < -0.4 is 11.1 Å². The van der Waals surface area contributed by atoms with Crippen molar-refractivity contribution in [3.8, 4) is 0 Å². The van der Waals surface area contributed by atoms with Crippen molar-refractivity contribution in [1.29, 1.82) is 0 Å². The number of Topliss-reactive ketones (excluding diaryl/α,β-unsaturated/α-hetero) is 2. The third-order valence-electron chi connectivity index (χ3n) is 11.5. The molecule has 6 aromatic rings. The first kappa shape index (κ1) is 53.0. The van der Waals surface area contributed by atoms with Gasteiger partial charge >= 0.3 is 0 Å². The molecule has 69 heavy (non-hydrogen) atoms. The molecule has 2 aromatic carbocycles. The van der Waals surface area contributed by atoms with E-state index in [0.717, 1.165) is 54.5 Å². The predicted molar refractivity (Wildman–Crippen MR) is 267 cm³/mol. The Morgan fingerprint density at radius 1 is 0.667 bits per heavy atom. The average Bonchev–Trinajstić information content (AvgIpc) is 4.04. The summed E-state index contributed by atoms with van der Waals surface area (Å²) >= 11 is 6.12. The first-order chi connectivity index (χ1) is 32.6. The number of rotatable bonds is 16. The highest BCUT2D eigenvalue weighted by Crippen LogP contribution is 2.41. The molecule has 0 fully saturated rings. The number of benzene rings is 2. The Morgan fingerprint density at radius 2 is 1.12 bits per heavy atom. The maximum atomic E-state index is 13.2. The summed E-state index contributed by atoms with van der Waals surface area (Å²) in [5.41, 5.74) is 10.1. The molecule has 0 spiro atoms. The average molecular weight is 1010 g/mol. The molecule has 0 saturated carbocycles. The van der Waals surface area contributed by atoms with E-state index in [0.29, 0.717) is 63.6 Å². The van der Waals surface area contributed by atoms with Crippen LogP contribution in [0.2, 0.25) is 5.28 Å². The SMILES string of the molecule is CCCn1cc2c(C3C(=O)Cc4ccc(S(=O)(=O)N(C)C)cc43)nc(Cl)nc2n1.CCCn1cc2c(C3C(=O)Cc4ccc(S(=O)(=O)N(C)C)cc43)nc(NCCN(C)C)nc2n1.CN(C)CCN. The minimum absolute atomic E-state index is 0.00701. The molecule has 8 rings (SSSR count). The minimum atomic E-state index is -3.64. The molecule has 2 aliphatic carbocycles. The smallest absolute Gasteiger partial charge is 0.242 e. The summed E-state index contributed by atoms with van der Waals surface area (Å²) in [5.74, 6) is -1.05. The molecule has 20 nitrogen and oxygen atoms in total. The largest absolute Gasteiger partial charge is 0.353 e. The van der Waals surface area contributed by atoms with Crippen molar-refractivity contribution in [3.63, 3.8) is 0 Å². The van der Waals surface area contributed by atoms with E-state index in [4.69, 9.17) is 22.3 Å². The minimum Gasteiger partial charge on any atom is -0.353 e. The fraction of sp³-hybridized carbons (Fsp3) is 0.478. The Morgan fingerprint density at radius 3 is 1.52 bits per heavy atom. The normalized spacial score (nSPS) is 15.8. The number of nitrogens with two attached hydrogens (primary N) is 1. The van der Waals surface area contributed by atoms with Crippen molar-refractivity contribution < 1.29 is 26.4 Å². The molecule has 0 bridgehead atoms. The number of anilines is 1. The molecular weight excluding hydrogens is 944 g/mol. The summed E-state index contributed by atoms with van der Waals surface area (Å²) in [6.45, 7) is 8.69. The number of likely N-dealkylation sites (N-methyl/N-ethyl adjacent to an activating group) is 2. The number of sulfonamides is 2. The molecule has 0 saturated heterocycles. The quantitative estimate of drug-likeness (QED) is 0.132. The van der Waals surface area contributed by atoms with Gasteiger partial charge in [-0.3, -0.25) is 19.0 Å². The second-order valence-corrected chi connectivity index (χ2v) is 22.5. The number of aryl methyl sites for hydroxylation is 2. The summed E-state index contributed by atoms with van der Waals surface area (Å²) in [7, 11) is 6.64. The van der Waals surface area contributed by atoms with E-state index in [2.05, 4.69) is 42.3 Å². The van der Waals surface area contributed by atoms with E-state index in [1.54, 1.807) is 35.0 Å². The number of hydrogen-bond donors (Lipinski definition) is 2. The first-order valence-electron chi connectivity index (χ1n) is 22.7. The number of nitrogens with zero attached hydrogens (tertiary/aromatic N) is 12. The Kier molecular flexibility index (Phi) is 17.0. The monoisotopic (exact) mass is 1010 g/mol. The summed E-state index contributed by atoms with van der Waals surface area (Å²) in [4.78, 5) is 48.4. The van der Waals surface area contributed by atoms with Gasteiger partial charge in [0, 0.05) is 92.7 Å². The third kappa shape index (κ3) is 11.8. The Labute approximate surface area is 409 Å². The number of nitrogens with one attached hydrogen (secondary N) is 1. The van der Waals surface area contributed by atoms with Gasteiger partial charge in [0.1, 0.15) is 0 Å². The van der Waals surface area contributed by atoms with E-state index in [1.165, 1.54) is 38.6 Å². The number of hydrogen-bond acceptors (Lipinski definition) is 16. The van der Waals surface area contributed by atoms with Gasteiger partial charge in [-0.2, -0.15) is 20.2 Å². The van der Waals surface area contributed by atoms with Crippen LogP contribution >= 0.6 is 11.6 Å². The molecule has 0 amide bonds. The van der Waals surface area contributed by atoms with Crippen LogP contribution in [0.1, 0.15) is 72.2 Å². The lowest BCUT2D eigenvalue weighted by molar-refractivity contribution is -0.119. The van der Waals surface area contributed by atoms with Crippen molar-refractivity contribution in [2.75, 3.05) is 87.9 Å². The molecule has 2 unspecified atom stereocenters. The Balaban J connectivity index is 0.000000205. The van der Waals surface area contributed by atoms with Gasteiger partial charge in [0.25, 0.3) is 0 Å². The molecule has 0 radical (unpaired) electrons. The summed E-state index contributed by atoms with van der Waals surface area (Å²) in [6, 6.07) is 9.71. The maximum absolute atomic E-state index is 13.2. The fourth-order valence-electron chi connectivity index (χ4n) is 8.05. The zero-order valence-electron chi connectivity index (χ0n) is 40.9. The molecular formula is C46H63ClN14O6S2. The van der Waals surface area contributed by atoms with Crippen molar-refractivity contribution in [2.24, 2.45) is 5.73 Å². The lowest BCUT2D eigenvalue weighted by Gasteiger charge is -2.16. The van der Waals surface area contributed by atoms with Gasteiger partial charge in [-0.15, -0.1) is 0 Å². The highest BCUT2D eigenvalue weighted by Gasteiger charge is 2.38. The fourth-order valence-corrected chi connectivity index (χ4v) is 10.1. The molecule has 0 aliphatic heterocycles. The van der Waals surface area contributed by atoms with Gasteiger partial charge in [0.05, 0.1) is 43.8 Å². The highest BCUT2D eigenvalue weighted by atomic mass is 35.5. The third-order valence-corrected chi connectivity index (χ3v) is 15.3. The number of carbonyl (C=O) groups excluding carboxylic acids is 2. The van der Waals surface area contributed by atoms with E-state index in [1.807, 2.05) is 57.1 Å². The molecule has 3 N–H and O–H groups in total. The van der Waals surface area contributed by atoms with Crippen LogP contribution in [0.15, 0.2) is 58.6 Å². The molecule has 4 heterocycles. The molecule has 372 valence electrons. The van der Waals surface area contributed by atoms with Crippen molar-refractivity contribution in [2.45, 2.75) is 74.2 Å². The molecule has 4 aromatic heterocycles. The van der Waals surface area contributed by atoms with E-state index >= 15 is 0 Å². The number of ketones is 2. The number of carbonyl (C=O) groups is 2. The number of halogens is 1. The standard InChI is InChI=1S/C23H31N7O3S.C19H20ClN5O3S.C4H12N2/c1-6-10-30-14-18-21(25-23(26-22(18)27-30)24-9-11-28(2)3)20-17-13-16(34(32,33)29(4)5)8-7-15(17)12-19(20)31;1-4-7-25-10-14-17(21-19(20)22-18(14)23-25)16-13-9-12(29(27,28)24(2)3)6-5-11(13)8-15(16)26;1-6(2)4-3-5/h7-8,13-14,20H,6,9-12H2,1-5H3,(H,24,26,27);5-6,9-10,16H,4,7-8H2,1-3H3;3-5H2,1-2H3. The second-order valence-electron chi connectivity index (χ2n) is 17.8. The Hall–Kier alpha value is -5.33. The predicted octanol–water partition coefficient (Wildman–Crippen LogP) is 3.62. The topological polar surface area (TPSA) is 241 Å². The van der Waals surface area contributed by atoms with Crippen LogP contribution in [0.4, 0.5) is 5.95 Å². The van der Waals surface area contributed by atoms with E-state index in [-0.39, 0.29) is 39.5 Å². The maximum Gasteiger partial charge on any atom is 0.242 e. The van der Waals surface area contributed by atoms with E-state index in [9.17, 15) is 26.4 Å². The summed E-state index contributed by atoms with van der Waals surface area (Å²) in [5, 5.41) is 13.6. The van der Waals surface area contributed by atoms with Gasteiger partial charge in [-0.1, -0.05) is 26.0 Å². The summed E-state index contributed by atoms with van der Waals surface area (Å²) in [6.07, 6.45) is 5.94. The zero-order valence-corrected chi connectivity index (χ0v) is 43.3. The van der Waals surface area contributed by atoms with Crippen LogP contribution in [-0.2, 0) is 55.6 Å². The summed E-state index contributed by atoms with van der Waals surface area (Å²) < 4.78 is 56.6. The second kappa shape index (κ2) is 22.2. The van der Waals surface area contributed by atoms with Gasteiger partial charge in [0.2, 0.25) is 31.3 Å². The molecule has 23 heteroatoms. The van der Waals surface area contributed by atoms with Crippen molar-refractivity contribution >= 4 is 71.2 Å². The van der Waals surface area contributed by atoms with Gasteiger partial charge < -0.3 is 20.9 Å². The van der Waals surface area contributed by atoms with Crippen LogP contribution in [0.3, 0.4) is 0 Å². The van der Waals surface area contributed by atoms with Gasteiger partial charge in [-0.05, 0) is 99.2 Å². The van der Waals surface area contributed by atoms with Crippen molar-refractivity contribution in [3.05, 3.63) is 87.7 Å². The number of fused-ring (bicyclic) bond motifs is 4. The van der Waals surface area contributed by atoms with Crippen LogP contribution in [0.25, 0.3) is 22.1 Å². The molecule has 2 aliphatic rings. The Bertz CT molecular complexity index is 3060. The number of aromatic nitrogens is 8. The lowest BCUT2D eigenvalue weighted by Crippen LogP contribution is -2.22. The zero-order chi connectivity index (χ0) is 50.5. The first-order valence-corrected chi connectivity index (χ1v) is 25.9. The van der Waals surface area contributed by atoms with Crippen LogP contribution in [0.5, 0.6) is 0 Å².